The molecule has 0 spiro atoms. The molecule has 0 aliphatic rings. The minimum Gasteiger partial charge on any atom is -0.872 e. The van der Waals surface area contributed by atoms with Crippen LogP contribution in [-0.4, -0.2) is 57.0 Å². The molecule has 0 heterocycles. The second-order valence-electron chi connectivity index (χ2n) is 5.96. The van der Waals surface area contributed by atoms with Crippen molar-refractivity contribution >= 4 is 0 Å². The fourth-order valence-electron chi connectivity index (χ4n) is 2.20. The Bertz CT molecular complexity index is 389. The van der Waals surface area contributed by atoms with Crippen LogP contribution in [0.3, 0.4) is 0 Å². The van der Waals surface area contributed by atoms with Gasteiger partial charge in [-0.2, -0.15) is 0 Å². The second kappa shape index (κ2) is 9.53. The molecule has 1 rings (SSSR count). The molecule has 5 heteroatoms. The molecule has 1 aromatic carbocycles. The van der Waals surface area contributed by atoms with E-state index in [0.717, 1.165) is 17.7 Å². The van der Waals surface area contributed by atoms with Crippen molar-refractivity contribution in [3.8, 4) is 5.75 Å². The standard InChI is InChI=1S/C15H27N3O.K/c1-16(2)9-12-7-13(10-17(3)4)15(19)14(8-12)11-18(5)6;/h7-8,19H,9-11H2,1-6H3;/q;+1/p-1. The predicted octanol–water partition coefficient (Wildman–Crippen LogP) is -2.05. The van der Waals surface area contributed by atoms with Gasteiger partial charge in [-0.25, -0.2) is 0 Å². The summed E-state index contributed by atoms with van der Waals surface area (Å²) in [6.45, 7) is 2.25. The molecule has 0 atom stereocenters. The molecule has 0 saturated heterocycles. The summed E-state index contributed by atoms with van der Waals surface area (Å²) in [5, 5.41) is 12.4. The fraction of sp³-hybridized carbons (Fsp3) is 0.600. The third-order valence-corrected chi connectivity index (χ3v) is 2.77. The van der Waals surface area contributed by atoms with Crippen LogP contribution in [0.4, 0.5) is 0 Å². The molecule has 4 nitrogen and oxygen atoms in total. The van der Waals surface area contributed by atoms with E-state index in [1.165, 1.54) is 5.56 Å². The van der Waals surface area contributed by atoms with E-state index in [0.29, 0.717) is 13.1 Å². The van der Waals surface area contributed by atoms with Gasteiger partial charge in [0.25, 0.3) is 0 Å². The van der Waals surface area contributed by atoms with Crippen molar-refractivity contribution < 1.29 is 56.5 Å². The Balaban J connectivity index is 0.00000361. The van der Waals surface area contributed by atoms with Crippen molar-refractivity contribution in [2.45, 2.75) is 19.6 Å². The van der Waals surface area contributed by atoms with Gasteiger partial charge in [-0.15, -0.1) is 0 Å². The summed E-state index contributed by atoms with van der Waals surface area (Å²) in [4.78, 5) is 6.20. The van der Waals surface area contributed by atoms with Crippen LogP contribution in [0.1, 0.15) is 16.7 Å². The van der Waals surface area contributed by atoms with E-state index in [-0.39, 0.29) is 57.1 Å². The first-order chi connectivity index (χ1) is 8.79. The summed E-state index contributed by atoms with van der Waals surface area (Å²) < 4.78 is 0. The van der Waals surface area contributed by atoms with Gasteiger partial charge >= 0.3 is 51.4 Å². The zero-order valence-electron chi connectivity index (χ0n) is 14.0. The van der Waals surface area contributed by atoms with Crippen LogP contribution in [0.5, 0.6) is 5.75 Å². The monoisotopic (exact) mass is 303 g/mol. The first-order valence-corrected chi connectivity index (χ1v) is 6.55. The molecule has 0 N–H and O–H groups in total. The fourth-order valence-corrected chi connectivity index (χ4v) is 2.20. The van der Waals surface area contributed by atoms with E-state index in [2.05, 4.69) is 4.90 Å². The Hall–Kier alpha value is 0.536. The third kappa shape index (κ3) is 7.00. The summed E-state index contributed by atoms with van der Waals surface area (Å²) in [5.74, 6) is 0.185. The van der Waals surface area contributed by atoms with Crippen molar-refractivity contribution in [1.82, 2.24) is 14.7 Å². The average Bonchev–Trinajstić information content (AvgIpc) is 2.22. The van der Waals surface area contributed by atoms with E-state index in [1.807, 2.05) is 64.2 Å². The van der Waals surface area contributed by atoms with Crippen LogP contribution in [0.25, 0.3) is 0 Å². The first-order valence-electron chi connectivity index (χ1n) is 6.55. The smallest absolute Gasteiger partial charge is 0.872 e. The SMILES string of the molecule is CN(C)Cc1cc(CN(C)C)c([O-])c(CN(C)C)c1.[K+]. The molecule has 1 aromatic rings. The maximum Gasteiger partial charge on any atom is 1.00 e. The summed E-state index contributed by atoms with van der Waals surface area (Å²) in [6.07, 6.45) is 0. The predicted molar refractivity (Wildman–Crippen MR) is 78.1 cm³/mol. The Labute approximate surface area is 166 Å². The summed E-state index contributed by atoms with van der Waals surface area (Å²) in [6, 6.07) is 4.09. The van der Waals surface area contributed by atoms with Gasteiger partial charge in [0.1, 0.15) is 0 Å². The molecular weight excluding hydrogens is 277 g/mol. The van der Waals surface area contributed by atoms with Gasteiger partial charge in [0.15, 0.2) is 0 Å². The molecule has 20 heavy (non-hydrogen) atoms. The third-order valence-electron chi connectivity index (χ3n) is 2.77. The van der Waals surface area contributed by atoms with Crippen molar-refractivity contribution in [2.75, 3.05) is 42.3 Å². The molecule has 0 unspecified atom stereocenters. The van der Waals surface area contributed by atoms with E-state index in [4.69, 9.17) is 0 Å². The topological polar surface area (TPSA) is 32.8 Å². The number of hydrogen-bond acceptors (Lipinski definition) is 4. The average molecular weight is 303 g/mol. The molecule has 0 aliphatic carbocycles. The maximum atomic E-state index is 12.4. The molecule has 0 amide bonds. The molecular formula is C15H26KN3O. The Morgan fingerprint density at radius 1 is 0.750 bits per heavy atom. The summed E-state index contributed by atoms with van der Waals surface area (Å²) in [5.41, 5.74) is 2.99. The van der Waals surface area contributed by atoms with Crippen molar-refractivity contribution in [1.29, 1.82) is 0 Å². The Kier molecular flexibility index (Phi) is 9.79. The zero-order chi connectivity index (χ0) is 14.6. The maximum absolute atomic E-state index is 12.4. The molecule has 108 valence electrons. The van der Waals surface area contributed by atoms with Gasteiger partial charge in [0.2, 0.25) is 0 Å². The molecule has 0 bridgehead atoms. The second-order valence-corrected chi connectivity index (χ2v) is 5.96. The van der Waals surface area contributed by atoms with E-state index in [9.17, 15) is 5.11 Å². The molecule has 0 aliphatic heterocycles. The van der Waals surface area contributed by atoms with E-state index >= 15 is 0 Å². The van der Waals surface area contributed by atoms with Crippen LogP contribution < -0.4 is 56.5 Å². The first kappa shape index (κ1) is 20.5. The van der Waals surface area contributed by atoms with Crippen molar-refractivity contribution in [2.24, 2.45) is 0 Å². The molecule has 0 radical (unpaired) electrons. The van der Waals surface area contributed by atoms with Gasteiger partial charge in [-0.3, -0.25) is 0 Å². The number of hydrogen-bond donors (Lipinski definition) is 0. The Morgan fingerprint density at radius 2 is 1.10 bits per heavy atom. The van der Waals surface area contributed by atoms with Crippen molar-refractivity contribution in [3.05, 3.63) is 28.8 Å². The molecule has 0 saturated carbocycles. The van der Waals surface area contributed by atoms with Crippen LogP contribution in [-0.2, 0) is 19.6 Å². The number of benzene rings is 1. The van der Waals surface area contributed by atoms with Crippen LogP contribution in [0.15, 0.2) is 12.1 Å². The number of rotatable bonds is 6. The van der Waals surface area contributed by atoms with Gasteiger partial charge in [0, 0.05) is 19.6 Å². The normalized spacial score (nSPS) is 11.2. The summed E-state index contributed by atoms with van der Waals surface area (Å²) >= 11 is 0. The number of nitrogens with zero attached hydrogens (tertiary/aromatic N) is 3. The van der Waals surface area contributed by atoms with Gasteiger partial charge in [-0.05, 0) is 59.0 Å². The Morgan fingerprint density at radius 3 is 1.40 bits per heavy atom. The van der Waals surface area contributed by atoms with E-state index < -0.39 is 0 Å². The zero-order valence-corrected chi connectivity index (χ0v) is 17.1. The van der Waals surface area contributed by atoms with Crippen LogP contribution in [0.2, 0.25) is 0 Å². The van der Waals surface area contributed by atoms with E-state index in [1.54, 1.807) is 0 Å². The van der Waals surface area contributed by atoms with Gasteiger partial charge < -0.3 is 19.8 Å². The largest absolute Gasteiger partial charge is 1.00 e. The van der Waals surface area contributed by atoms with Crippen molar-refractivity contribution in [3.63, 3.8) is 0 Å². The van der Waals surface area contributed by atoms with Crippen LogP contribution >= 0.6 is 0 Å². The minimum absolute atomic E-state index is 0. The van der Waals surface area contributed by atoms with Crippen LogP contribution in [0, 0.1) is 0 Å². The van der Waals surface area contributed by atoms with Gasteiger partial charge in [-0.1, -0.05) is 17.9 Å². The molecule has 0 aromatic heterocycles. The minimum atomic E-state index is 0. The quantitative estimate of drug-likeness (QED) is 0.567. The molecule has 0 fully saturated rings. The summed E-state index contributed by atoms with van der Waals surface area (Å²) in [7, 11) is 12.0. The van der Waals surface area contributed by atoms with Gasteiger partial charge in [0.05, 0.1) is 0 Å².